The highest BCUT2D eigenvalue weighted by atomic mass is 35.5. The predicted octanol–water partition coefficient (Wildman–Crippen LogP) is 2.97. The summed E-state index contributed by atoms with van der Waals surface area (Å²) in [7, 11) is 0. The molecule has 0 fully saturated rings. The molecule has 0 unspecified atom stereocenters. The Hall–Kier alpha value is -1.82. The van der Waals surface area contributed by atoms with Crippen LogP contribution in [0.5, 0.6) is 0 Å². The molecule has 0 radical (unpaired) electrons. The van der Waals surface area contributed by atoms with Gasteiger partial charge >= 0.3 is 0 Å². The molecule has 0 aliphatic heterocycles. The zero-order chi connectivity index (χ0) is 14.4. The largest absolute Gasteiger partial charge is 0.467 e. The highest BCUT2D eigenvalue weighted by molar-refractivity contribution is 6.28. The number of anilines is 2. The summed E-state index contributed by atoms with van der Waals surface area (Å²) in [6.07, 6.45) is 2.64. The second-order valence-electron chi connectivity index (χ2n) is 4.25. The normalized spacial score (nSPS) is 10.6. The zero-order valence-corrected chi connectivity index (χ0v) is 12.4. The highest BCUT2D eigenvalue weighted by Crippen LogP contribution is 2.16. The maximum atomic E-state index is 5.96. The fourth-order valence-electron chi connectivity index (χ4n) is 1.71. The number of nitrogens with one attached hydrogen (secondary N) is 1. The van der Waals surface area contributed by atoms with Crippen LogP contribution in [0.3, 0.4) is 0 Å². The third-order valence-electron chi connectivity index (χ3n) is 2.72. The van der Waals surface area contributed by atoms with Crippen molar-refractivity contribution in [2.45, 2.75) is 26.8 Å². The van der Waals surface area contributed by atoms with Crippen molar-refractivity contribution in [1.82, 2.24) is 15.0 Å². The third kappa shape index (κ3) is 3.84. The van der Waals surface area contributed by atoms with E-state index in [0.29, 0.717) is 18.4 Å². The van der Waals surface area contributed by atoms with Crippen molar-refractivity contribution in [2.24, 2.45) is 0 Å². The van der Waals surface area contributed by atoms with Gasteiger partial charge < -0.3 is 14.6 Å². The number of hydrogen-bond donors (Lipinski definition) is 1. The number of halogens is 1. The molecule has 108 valence electrons. The van der Waals surface area contributed by atoms with E-state index in [9.17, 15) is 0 Å². The van der Waals surface area contributed by atoms with Gasteiger partial charge in [0, 0.05) is 13.1 Å². The molecule has 1 N–H and O–H groups in total. The maximum absolute atomic E-state index is 5.96. The monoisotopic (exact) mass is 295 g/mol. The minimum atomic E-state index is 0.187. The van der Waals surface area contributed by atoms with Crippen LogP contribution in [0.4, 0.5) is 11.9 Å². The highest BCUT2D eigenvalue weighted by Gasteiger charge is 2.13. The van der Waals surface area contributed by atoms with Gasteiger partial charge in [0.2, 0.25) is 17.2 Å². The molecule has 2 aromatic rings. The van der Waals surface area contributed by atoms with Crippen LogP contribution in [0.25, 0.3) is 0 Å². The van der Waals surface area contributed by atoms with Crippen molar-refractivity contribution in [2.75, 3.05) is 23.3 Å². The van der Waals surface area contributed by atoms with E-state index < -0.39 is 0 Å². The van der Waals surface area contributed by atoms with Gasteiger partial charge in [-0.1, -0.05) is 6.92 Å². The van der Waals surface area contributed by atoms with Crippen LogP contribution >= 0.6 is 11.6 Å². The molecular weight excluding hydrogens is 278 g/mol. The van der Waals surface area contributed by atoms with Gasteiger partial charge in [-0.3, -0.25) is 0 Å². The van der Waals surface area contributed by atoms with Crippen LogP contribution in [0.15, 0.2) is 22.8 Å². The standard InChI is InChI=1S/C13H18ClN5O/c1-3-7-15-12-16-11(14)17-13(18-12)19(4-2)9-10-6-5-8-20-10/h5-6,8H,3-4,7,9H2,1-2H3,(H,15,16,17,18). The van der Waals surface area contributed by atoms with Crippen LogP contribution in [-0.4, -0.2) is 28.0 Å². The SMILES string of the molecule is CCCNc1nc(Cl)nc(N(CC)Cc2ccco2)n1. The smallest absolute Gasteiger partial charge is 0.231 e. The fourth-order valence-corrected chi connectivity index (χ4v) is 1.87. The summed E-state index contributed by atoms with van der Waals surface area (Å²) in [6.45, 7) is 6.24. The molecule has 0 aliphatic rings. The Morgan fingerprint density at radius 2 is 2.15 bits per heavy atom. The molecule has 2 heterocycles. The van der Waals surface area contributed by atoms with Crippen molar-refractivity contribution >= 4 is 23.5 Å². The lowest BCUT2D eigenvalue weighted by Crippen LogP contribution is -2.25. The first kappa shape index (κ1) is 14.6. The molecular formula is C13H18ClN5O. The van der Waals surface area contributed by atoms with Gasteiger partial charge in [0.1, 0.15) is 5.76 Å². The van der Waals surface area contributed by atoms with Crippen molar-refractivity contribution in [3.8, 4) is 0 Å². The summed E-state index contributed by atoms with van der Waals surface area (Å²) >= 11 is 5.96. The fraction of sp³-hybridized carbons (Fsp3) is 0.462. The zero-order valence-electron chi connectivity index (χ0n) is 11.6. The molecule has 20 heavy (non-hydrogen) atoms. The lowest BCUT2D eigenvalue weighted by atomic mass is 10.4. The van der Waals surface area contributed by atoms with Crippen LogP contribution in [0.1, 0.15) is 26.0 Å². The Balaban J connectivity index is 2.17. The Bertz CT molecular complexity index is 532. The minimum Gasteiger partial charge on any atom is -0.467 e. The molecule has 0 amide bonds. The molecule has 0 aliphatic carbocycles. The lowest BCUT2D eigenvalue weighted by Gasteiger charge is -2.19. The van der Waals surface area contributed by atoms with Crippen LogP contribution in [-0.2, 0) is 6.54 Å². The van der Waals surface area contributed by atoms with Gasteiger partial charge in [0.25, 0.3) is 0 Å². The van der Waals surface area contributed by atoms with Crippen molar-refractivity contribution < 1.29 is 4.42 Å². The van der Waals surface area contributed by atoms with E-state index in [1.807, 2.05) is 24.0 Å². The van der Waals surface area contributed by atoms with E-state index >= 15 is 0 Å². The number of rotatable bonds is 7. The number of furan rings is 1. The first-order valence-electron chi connectivity index (χ1n) is 6.65. The van der Waals surface area contributed by atoms with E-state index in [0.717, 1.165) is 25.3 Å². The maximum Gasteiger partial charge on any atom is 0.231 e. The van der Waals surface area contributed by atoms with Crippen LogP contribution < -0.4 is 10.2 Å². The molecule has 0 saturated heterocycles. The Kier molecular flexibility index (Phi) is 5.17. The molecule has 6 nitrogen and oxygen atoms in total. The second kappa shape index (κ2) is 7.09. The summed E-state index contributed by atoms with van der Waals surface area (Å²) in [5.41, 5.74) is 0. The molecule has 0 aromatic carbocycles. The Morgan fingerprint density at radius 1 is 1.30 bits per heavy atom. The van der Waals surface area contributed by atoms with Gasteiger partial charge in [-0.25, -0.2) is 0 Å². The van der Waals surface area contributed by atoms with E-state index in [-0.39, 0.29) is 5.28 Å². The van der Waals surface area contributed by atoms with Crippen molar-refractivity contribution in [3.63, 3.8) is 0 Å². The molecule has 0 spiro atoms. The molecule has 7 heteroatoms. The van der Waals surface area contributed by atoms with Gasteiger partial charge in [0.15, 0.2) is 0 Å². The van der Waals surface area contributed by atoms with Gasteiger partial charge in [-0.05, 0) is 37.1 Å². The minimum absolute atomic E-state index is 0.187. The Labute approximate surface area is 123 Å². The summed E-state index contributed by atoms with van der Waals surface area (Å²) in [5.74, 6) is 1.90. The van der Waals surface area contributed by atoms with Crippen LogP contribution in [0.2, 0.25) is 5.28 Å². The van der Waals surface area contributed by atoms with E-state index in [1.165, 1.54) is 0 Å². The molecule has 2 rings (SSSR count). The Morgan fingerprint density at radius 3 is 2.80 bits per heavy atom. The van der Waals surface area contributed by atoms with Crippen LogP contribution in [0, 0.1) is 0 Å². The third-order valence-corrected chi connectivity index (χ3v) is 2.89. The molecule has 0 bridgehead atoms. The predicted molar refractivity (Wildman–Crippen MR) is 79.0 cm³/mol. The number of hydrogen-bond acceptors (Lipinski definition) is 6. The first-order chi connectivity index (χ1) is 9.72. The second-order valence-corrected chi connectivity index (χ2v) is 4.59. The van der Waals surface area contributed by atoms with E-state index in [4.69, 9.17) is 16.0 Å². The number of aromatic nitrogens is 3. The summed E-state index contributed by atoms with van der Waals surface area (Å²) in [5, 5.41) is 3.30. The van der Waals surface area contributed by atoms with E-state index in [1.54, 1.807) is 6.26 Å². The lowest BCUT2D eigenvalue weighted by molar-refractivity contribution is 0.501. The summed E-state index contributed by atoms with van der Waals surface area (Å²) in [4.78, 5) is 14.6. The van der Waals surface area contributed by atoms with Gasteiger partial charge in [-0.15, -0.1) is 0 Å². The average Bonchev–Trinajstić information content (AvgIpc) is 2.95. The molecule has 2 aromatic heterocycles. The first-order valence-corrected chi connectivity index (χ1v) is 7.03. The van der Waals surface area contributed by atoms with Crippen molar-refractivity contribution in [1.29, 1.82) is 0 Å². The van der Waals surface area contributed by atoms with E-state index in [2.05, 4.69) is 27.2 Å². The van der Waals surface area contributed by atoms with Crippen molar-refractivity contribution in [3.05, 3.63) is 29.4 Å². The molecule has 0 saturated carbocycles. The average molecular weight is 296 g/mol. The van der Waals surface area contributed by atoms with Gasteiger partial charge in [0.05, 0.1) is 12.8 Å². The summed E-state index contributed by atoms with van der Waals surface area (Å²) in [6, 6.07) is 3.78. The van der Waals surface area contributed by atoms with Gasteiger partial charge in [-0.2, -0.15) is 15.0 Å². The quantitative estimate of drug-likeness (QED) is 0.847. The summed E-state index contributed by atoms with van der Waals surface area (Å²) < 4.78 is 5.35. The number of nitrogens with zero attached hydrogens (tertiary/aromatic N) is 4. The topological polar surface area (TPSA) is 67.1 Å². The molecule has 0 atom stereocenters.